The van der Waals surface area contributed by atoms with Gasteiger partial charge in [0, 0.05) is 27.9 Å². The van der Waals surface area contributed by atoms with Crippen LogP contribution in [0.15, 0.2) is 164 Å². The minimum absolute atomic E-state index is 0.0695. The van der Waals surface area contributed by atoms with Gasteiger partial charge in [-0.2, -0.15) is 0 Å². The third kappa shape index (κ3) is 4.34. The number of para-hydroxylation sites is 1. The maximum Gasteiger partial charge on any atom is 0.0465 e. The van der Waals surface area contributed by atoms with Gasteiger partial charge < -0.3 is 4.90 Å². The van der Waals surface area contributed by atoms with Crippen LogP contribution in [0.3, 0.4) is 0 Å². The van der Waals surface area contributed by atoms with Gasteiger partial charge in [0.15, 0.2) is 0 Å². The molecule has 0 amide bonds. The second kappa shape index (κ2) is 10.8. The van der Waals surface area contributed by atoms with Crippen molar-refractivity contribution in [3.8, 4) is 33.4 Å². The first kappa shape index (κ1) is 29.9. The molecule has 2 aliphatic rings. The number of hydrogen-bond donors (Lipinski definition) is 0. The van der Waals surface area contributed by atoms with E-state index in [9.17, 15) is 0 Å². The predicted molar refractivity (Wildman–Crippen MR) is 217 cm³/mol. The predicted octanol–water partition coefficient (Wildman–Crippen LogP) is 13.7. The van der Waals surface area contributed by atoms with Crippen LogP contribution in [0.4, 0.5) is 17.1 Å². The maximum absolute atomic E-state index is 2.46. The third-order valence-electron chi connectivity index (χ3n) is 11.8. The van der Waals surface area contributed by atoms with Gasteiger partial charge in [-0.25, -0.2) is 0 Å². The van der Waals surface area contributed by atoms with E-state index < -0.39 is 0 Å². The second-order valence-corrected chi connectivity index (χ2v) is 15.4. The van der Waals surface area contributed by atoms with E-state index in [-0.39, 0.29) is 10.8 Å². The first-order chi connectivity index (χ1) is 24.8. The minimum Gasteiger partial charge on any atom is -0.310 e. The van der Waals surface area contributed by atoms with E-state index in [1.54, 1.807) is 0 Å². The fourth-order valence-corrected chi connectivity index (χ4v) is 9.18. The van der Waals surface area contributed by atoms with Crippen molar-refractivity contribution in [2.45, 2.75) is 38.5 Å². The van der Waals surface area contributed by atoms with Gasteiger partial charge in [-0.15, -0.1) is 0 Å². The smallest absolute Gasteiger partial charge is 0.0465 e. The van der Waals surface area contributed by atoms with Crippen molar-refractivity contribution in [1.82, 2.24) is 0 Å². The highest BCUT2D eigenvalue weighted by molar-refractivity contribution is 6.14. The molecule has 0 heterocycles. The zero-order valence-corrected chi connectivity index (χ0v) is 29.5. The van der Waals surface area contributed by atoms with Gasteiger partial charge >= 0.3 is 0 Å². The van der Waals surface area contributed by atoms with Crippen LogP contribution in [0.2, 0.25) is 0 Å². The molecule has 244 valence electrons. The molecule has 0 saturated heterocycles. The van der Waals surface area contributed by atoms with E-state index in [1.807, 2.05) is 0 Å². The van der Waals surface area contributed by atoms with Crippen molar-refractivity contribution in [1.29, 1.82) is 0 Å². The van der Waals surface area contributed by atoms with Crippen LogP contribution in [0.5, 0.6) is 0 Å². The largest absolute Gasteiger partial charge is 0.310 e. The van der Waals surface area contributed by atoms with Crippen molar-refractivity contribution in [2.75, 3.05) is 4.90 Å². The summed E-state index contributed by atoms with van der Waals surface area (Å²) in [4.78, 5) is 2.44. The average Bonchev–Trinajstić information content (AvgIpc) is 3.54. The molecule has 1 nitrogen and oxygen atoms in total. The molecule has 0 atom stereocenters. The monoisotopic (exact) mass is 653 g/mol. The van der Waals surface area contributed by atoms with Gasteiger partial charge in [-0.3, -0.25) is 0 Å². The average molecular weight is 654 g/mol. The van der Waals surface area contributed by atoms with E-state index in [2.05, 4.69) is 196 Å². The molecule has 8 aromatic rings. The molecule has 0 unspecified atom stereocenters. The number of anilines is 3. The number of hydrogen-bond acceptors (Lipinski definition) is 1. The Kier molecular flexibility index (Phi) is 6.34. The van der Waals surface area contributed by atoms with Crippen molar-refractivity contribution in [3.63, 3.8) is 0 Å². The van der Waals surface area contributed by atoms with Crippen LogP contribution in [0.1, 0.15) is 49.9 Å². The number of benzene rings is 8. The van der Waals surface area contributed by atoms with Crippen LogP contribution in [0.25, 0.3) is 54.9 Å². The summed E-state index contributed by atoms with van der Waals surface area (Å²) in [6.07, 6.45) is 0. The Labute approximate surface area is 300 Å². The van der Waals surface area contributed by atoms with Gasteiger partial charge in [0.05, 0.1) is 0 Å². The lowest BCUT2D eigenvalue weighted by Gasteiger charge is -2.29. The van der Waals surface area contributed by atoms with Gasteiger partial charge in [0.2, 0.25) is 0 Å². The topological polar surface area (TPSA) is 3.24 Å². The van der Waals surface area contributed by atoms with Crippen LogP contribution in [-0.4, -0.2) is 0 Å². The number of fused-ring (bicyclic) bond motifs is 9. The summed E-state index contributed by atoms with van der Waals surface area (Å²) in [6.45, 7) is 9.51. The molecule has 8 aromatic carbocycles. The molecule has 1 heteroatoms. The van der Waals surface area contributed by atoms with E-state index in [0.29, 0.717) is 0 Å². The lowest BCUT2D eigenvalue weighted by Crippen LogP contribution is -2.18. The summed E-state index contributed by atoms with van der Waals surface area (Å²) in [5, 5.41) is 5.18. The summed E-state index contributed by atoms with van der Waals surface area (Å²) >= 11 is 0. The van der Waals surface area contributed by atoms with Crippen molar-refractivity contribution in [2.24, 2.45) is 0 Å². The molecule has 0 spiro atoms. The molecular formula is C50H39N. The Bertz CT molecular complexity index is 2690. The Hall–Kier alpha value is -5.92. The van der Waals surface area contributed by atoms with E-state index in [0.717, 1.165) is 5.69 Å². The van der Waals surface area contributed by atoms with E-state index in [1.165, 1.54) is 88.6 Å². The molecule has 0 aromatic heterocycles. The molecule has 0 aliphatic heterocycles. The van der Waals surface area contributed by atoms with Gasteiger partial charge in [-0.05, 0) is 126 Å². The summed E-state index contributed by atoms with van der Waals surface area (Å²) in [5.74, 6) is 0. The zero-order chi connectivity index (χ0) is 34.5. The molecule has 0 saturated carbocycles. The van der Waals surface area contributed by atoms with Crippen molar-refractivity contribution in [3.05, 3.63) is 186 Å². The molecule has 0 bridgehead atoms. The Morgan fingerprint density at radius 2 is 0.843 bits per heavy atom. The van der Waals surface area contributed by atoms with Crippen LogP contribution >= 0.6 is 0 Å². The molecule has 0 radical (unpaired) electrons. The summed E-state index contributed by atoms with van der Waals surface area (Å²) < 4.78 is 0. The lowest BCUT2D eigenvalue weighted by molar-refractivity contribution is 0.660. The second-order valence-electron chi connectivity index (χ2n) is 15.4. The normalized spacial score (nSPS) is 14.6. The van der Waals surface area contributed by atoms with Crippen LogP contribution < -0.4 is 4.90 Å². The Balaban J connectivity index is 1.10. The quantitative estimate of drug-likeness (QED) is 0.171. The van der Waals surface area contributed by atoms with Crippen molar-refractivity contribution >= 4 is 38.6 Å². The first-order valence-corrected chi connectivity index (χ1v) is 18.1. The Morgan fingerprint density at radius 3 is 1.55 bits per heavy atom. The fraction of sp³-hybridized carbons (Fsp3) is 0.120. The highest BCUT2D eigenvalue weighted by atomic mass is 15.1. The van der Waals surface area contributed by atoms with Crippen LogP contribution in [-0.2, 0) is 10.8 Å². The molecule has 2 aliphatic carbocycles. The number of rotatable bonds is 4. The maximum atomic E-state index is 2.46. The molecule has 51 heavy (non-hydrogen) atoms. The lowest BCUT2D eigenvalue weighted by atomic mass is 9.81. The SMILES string of the molecule is CC1(C)c2ccccc2-c2ccc(N(c3ccccc3)c3ccc4c(c3)C(C)(C)c3cc(-c5cc6ccccc6c6ccccc56)ccc3-4)cc21. The summed E-state index contributed by atoms with van der Waals surface area (Å²) in [7, 11) is 0. The van der Waals surface area contributed by atoms with E-state index in [4.69, 9.17) is 0 Å². The molecule has 0 N–H and O–H groups in total. The number of nitrogens with zero attached hydrogens (tertiary/aromatic N) is 1. The zero-order valence-electron chi connectivity index (χ0n) is 29.5. The first-order valence-electron chi connectivity index (χ1n) is 18.1. The fourth-order valence-electron chi connectivity index (χ4n) is 9.18. The van der Waals surface area contributed by atoms with Gasteiger partial charge in [0.1, 0.15) is 0 Å². The molecule has 10 rings (SSSR count). The van der Waals surface area contributed by atoms with Crippen molar-refractivity contribution < 1.29 is 0 Å². The molecular weight excluding hydrogens is 615 g/mol. The highest BCUT2D eigenvalue weighted by Crippen LogP contribution is 2.53. The molecule has 0 fully saturated rings. The highest BCUT2D eigenvalue weighted by Gasteiger charge is 2.38. The third-order valence-corrected chi connectivity index (χ3v) is 11.8. The summed E-state index contributed by atoms with van der Waals surface area (Å²) in [5.41, 5.74) is 16.7. The Morgan fingerprint density at radius 1 is 0.333 bits per heavy atom. The standard InChI is InChI=1S/C50H39N/c1-49(2)45-21-13-12-20-40(45)42-26-23-35(30-47(42)49)51(34-15-6-5-7-16-34)36-24-27-43-41-25-22-33(29-46(41)50(3,4)48(43)31-36)44-28-32-14-8-9-17-37(32)38-18-10-11-19-39(38)44/h5-31H,1-4H3. The van der Waals surface area contributed by atoms with Gasteiger partial charge in [-0.1, -0.05) is 143 Å². The summed E-state index contributed by atoms with van der Waals surface area (Å²) in [6, 6.07) is 61.0. The van der Waals surface area contributed by atoms with Gasteiger partial charge in [0.25, 0.3) is 0 Å². The van der Waals surface area contributed by atoms with E-state index >= 15 is 0 Å². The minimum atomic E-state index is -0.173. The van der Waals surface area contributed by atoms with Crippen LogP contribution in [0, 0.1) is 0 Å².